The van der Waals surface area contributed by atoms with E-state index in [1.54, 1.807) is 0 Å². The fraction of sp³-hybridized carbons (Fsp3) is 0.240. The topological polar surface area (TPSA) is 44.8 Å². The quantitative estimate of drug-likeness (QED) is 0.654. The first-order chi connectivity index (χ1) is 14.8. The molecular weight excluding hydrogens is 410 g/mol. The number of piperazine rings is 1. The summed E-state index contributed by atoms with van der Waals surface area (Å²) in [5, 5.41) is 3.38. The van der Waals surface area contributed by atoms with Gasteiger partial charge in [0.05, 0.1) is 16.9 Å². The van der Waals surface area contributed by atoms with E-state index in [1.807, 2.05) is 59.5 Å². The molecule has 5 rings (SSSR count). The molecule has 0 spiro atoms. The fourth-order valence-electron chi connectivity index (χ4n) is 4.19. The summed E-state index contributed by atoms with van der Waals surface area (Å²) < 4.78 is 6.41. The summed E-state index contributed by atoms with van der Waals surface area (Å²) >= 11 is 0. The molecule has 31 heavy (non-hydrogen) atoms. The molecule has 0 aliphatic carbocycles. The molecule has 0 aromatic heterocycles. The van der Waals surface area contributed by atoms with Gasteiger partial charge in [-0.1, -0.05) is 48.5 Å². The van der Waals surface area contributed by atoms with Crippen LogP contribution in [-0.4, -0.2) is 38.6 Å². The lowest BCUT2D eigenvalue weighted by atomic mass is 10.1. The van der Waals surface area contributed by atoms with Crippen LogP contribution in [0.3, 0.4) is 0 Å². The van der Waals surface area contributed by atoms with Crippen LogP contribution in [0, 0.1) is 0 Å². The number of benzene rings is 3. The van der Waals surface area contributed by atoms with Gasteiger partial charge in [0, 0.05) is 32.7 Å². The molecule has 1 fully saturated rings. The van der Waals surface area contributed by atoms with E-state index in [0.29, 0.717) is 17.9 Å². The Bertz CT molecular complexity index is 1050. The number of hydrogen-bond acceptors (Lipinski definition) is 4. The van der Waals surface area contributed by atoms with E-state index in [9.17, 15) is 4.79 Å². The Hall–Kier alpha value is -3.02. The Morgan fingerprint density at radius 3 is 2.35 bits per heavy atom. The van der Waals surface area contributed by atoms with Crippen molar-refractivity contribution in [1.29, 1.82) is 0 Å². The van der Waals surface area contributed by atoms with Gasteiger partial charge < -0.3 is 19.9 Å². The van der Waals surface area contributed by atoms with Gasteiger partial charge in [0.15, 0.2) is 11.5 Å². The Balaban J connectivity index is 0.00000231. The highest BCUT2D eigenvalue weighted by molar-refractivity contribution is 6.10. The molecule has 2 aliphatic heterocycles. The summed E-state index contributed by atoms with van der Waals surface area (Å²) in [5.41, 5.74) is 3.64. The zero-order valence-corrected chi connectivity index (χ0v) is 18.1. The summed E-state index contributed by atoms with van der Waals surface area (Å²) in [4.78, 5) is 17.8. The number of ether oxygens (including phenoxy) is 1. The molecule has 0 atom stereocenters. The Kier molecular flexibility index (Phi) is 6.44. The number of halogens is 1. The zero-order chi connectivity index (χ0) is 20.3. The molecule has 5 nitrogen and oxygen atoms in total. The first-order valence-electron chi connectivity index (χ1n) is 10.5. The van der Waals surface area contributed by atoms with Gasteiger partial charge in [0.1, 0.15) is 0 Å². The minimum atomic E-state index is -0.0112. The van der Waals surface area contributed by atoms with Crippen LogP contribution in [-0.2, 0) is 6.42 Å². The summed E-state index contributed by atoms with van der Waals surface area (Å²) in [7, 11) is 0. The van der Waals surface area contributed by atoms with Gasteiger partial charge in [-0.05, 0) is 36.2 Å². The van der Waals surface area contributed by atoms with Crippen LogP contribution in [0.1, 0.15) is 15.9 Å². The van der Waals surface area contributed by atoms with Gasteiger partial charge in [-0.25, -0.2) is 0 Å². The number of rotatable bonds is 4. The molecular formula is C25H26ClN3O2. The number of nitrogens with one attached hydrogen (secondary N) is 1. The SMILES string of the molecule is Cl.O=C1c2cccc(N3CCNCC3)c2Oc2ccccc2N1CCc1ccccc1. The molecule has 0 radical (unpaired) electrons. The summed E-state index contributed by atoms with van der Waals surface area (Å²) in [5.74, 6) is 1.38. The first-order valence-corrected chi connectivity index (χ1v) is 10.5. The van der Waals surface area contributed by atoms with Crippen LogP contribution < -0.4 is 19.9 Å². The normalized spacial score (nSPS) is 15.3. The average molecular weight is 436 g/mol. The second kappa shape index (κ2) is 9.41. The Morgan fingerprint density at radius 1 is 0.839 bits per heavy atom. The van der Waals surface area contributed by atoms with Crippen molar-refractivity contribution in [3.63, 3.8) is 0 Å². The van der Waals surface area contributed by atoms with Crippen LogP contribution in [0.2, 0.25) is 0 Å². The van der Waals surface area contributed by atoms with Crippen molar-refractivity contribution in [2.24, 2.45) is 0 Å². The maximum absolute atomic E-state index is 13.7. The number of para-hydroxylation sites is 3. The van der Waals surface area contributed by atoms with Crippen molar-refractivity contribution >= 4 is 29.7 Å². The van der Waals surface area contributed by atoms with E-state index >= 15 is 0 Å². The van der Waals surface area contributed by atoms with Crippen molar-refractivity contribution < 1.29 is 9.53 Å². The monoisotopic (exact) mass is 435 g/mol. The van der Waals surface area contributed by atoms with Gasteiger partial charge in [-0.15, -0.1) is 12.4 Å². The molecule has 3 aromatic carbocycles. The number of anilines is 2. The second-order valence-corrected chi connectivity index (χ2v) is 7.65. The number of fused-ring (bicyclic) bond motifs is 2. The Labute approximate surface area is 189 Å². The third-order valence-electron chi connectivity index (χ3n) is 5.76. The molecule has 3 aromatic rings. The molecule has 1 N–H and O–H groups in total. The standard InChI is InChI=1S/C25H25N3O2.ClH/c29-25-20-9-6-11-22(27-17-14-26-15-18-27)24(20)30-23-12-5-4-10-21(23)28(25)16-13-19-7-2-1-3-8-19;/h1-12,26H,13-18H2;1H. The number of nitrogens with zero attached hydrogens (tertiary/aromatic N) is 2. The average Bonchev–Trinajstić information content (AvgIpc) is 2.93. The summed E-state index contributed by atoms with van der Waals surface area (Å²) in [6, 6.07) is 24.0. The van der Waals surface area contributed by atoms with Crippen molar-refractivity contribution in [1.82, 2.24) is 5.32 Å². The highest BCUT2D eigenvalue weighted by Crippen LogP contribution is 2.43. The van der Waals surface area contributed by atoms with E-state index in [1.165, 1.54) is 5.56 Å². The molecule has 2 heterocycles. The molecule has 0 saturated carbocycles. The smallest absolute Gasteiger partial charge is 0.262 e. The lowest BCUT2D eigenvalue weighted by Gasteiger charge is -2.31. The highest BCUT2D eigenvalue weighted by atomic mass is 35.5. The van der Waals surface area contributed by atoms with E-state index in [-0.39, 0.29) is 18.3 Å². The number of amides is 1. The number of hydrogen-bond donors (Lipinski definition) is 1. The maximum atomic E-state index is 13.7. The van der Waals surface area contributed by atoms with Gasteiger partial charge in [-0.2, -0.15) is 0 Å². The predicted molar refractivity (Wildman–Crippen MR) is 127 cm³/mol. The molecule has 0 bridgehead atoms. The first kappa shape index (κ1) is 21.2. The molecule has 6 heteroatoms. The molecule has 2 aliphatic rings. The summed E-state index contributed by atoms with van der Waals surface area (Å²) in [6.07, 6.45) is 0.785. The van der Waals surface area contributed by atoms with E-state index < -0.39 is 0 Å². The van der Waals surface area contributed by atoms with Gasteiger partial charge in [0.2, 0.25) is 0 Å². The van der Waals surface area contributed by atoms with Crippen molar-refractivity contribution in [2.75, 3.05) is 42.5 Å². The third kappa shape index (κ3) is 4.24. The number of carbonyl (C=O) groups excluding carboxylic acids is 1. The van der Waals surface area contributed by atoms with Crippen LogP contribution in [0.5, 0.6) is 11.5 Å². The van der Waals surface area contributed by atoms with Crippen LogP contribution in [0.25, 0.3) is 0 Å². The lowest BCUT2D eigenvalue weighted by Crippen LogP contribution is -2.43. The van der Waals surface area contributed by atoms with Crippen LogP contribution in [0.15, 0.2) is 72.8 Å². The number of carbonyl (C=O) groups is 1. The van der Waals surface area contributed by atoms with Crippen LogP contribution >= 0.6 is 12.4 Å². The van der Waals surface area contributed by atoms with E-state index in [0.717, 1.165) is 49.7 Å². The lowest BCUT2D eigenvalue weighted by molar-refractivity contribution is 0.0987. The van der Waals surface area contributed by atoms with Gasteiger partial charge >= 0.3 is 0 Å². The zero-order valence-electron chi connectivity index (χ0n) is 17.3. The van der Waals surface area contributed by atoms with E-state index in [2.05, 4.69) is 28.4 Å². The van der Waals surface area contributed by atoms with E-state index in [4.69, 9.17) is 4.74 Å². The maximum Gasteiger partial charge on any atom is 0.262 e. The fourth-order valence-corrected chi connectivity index (χ4v) is 4.19. The molecule has 160 valence electrons. The molecule has 1 amide bonds. The van der Waals surface area contributed by atoms with Crippen molar-refractivity contribution in [3.05, 3.63) is 83.9 Å². The minimum Gasteiger partial charge on any atom is -0.452 e. The largest absolute Gasteiger partial charge is 0.452 e. The Morgan fingerprint density at radius 2 is 1.55 bits per heavy atom. The molecule has 0 unspecified atom stereocenters. The second-order valence-electron chi connectivity index (χ2n) is 7.65. The van der Waals surface area contributed by atoms with Gasteiger partial charge in [-0.3, -0.25) is 4.79 Å². The third-order valence-corrected chi connectivity index (χ3v) is 5.76. The van der Waals surface area contributed by atoms with Crippen molar-refractivity contribution in [3.8, 4) is 11.5 Å². The predicted octanol–water partition coefficient (Wildman–Crippen LogP) is 4.51. The molecule has 1 saturated heterocycles. The minimum absolute atomic E-state index is 0. The van der Waals surface area contributed by atoms with Crippen molar-refractivity contribution in [2.45, 2.75) is 6.42 Å². The highest BCUT2D eigenvalue weighted by Gasteiger charge is 2.30. The van der Waals surface area contributed by atoms with Gasteiger partial charge in [0.25, 0.3) is 5.91 Å². The summed E-state index contributed by atoms with van der Waals surface area (Å²) in [6.45, 7) is 4.25. The van der Waals surface area contributed by atoms with Crippen LogP contribution in [0.4, 0.5) is 11.4 Å².